The van der Waals surface area contributed by atoms with Gasteiger partial charge in [0.2, 0.25) is 17.7 Å². The van der Waals surface area contributed by atoms with Gasteiger partial charge in [0.25, 0.3) is 0 Å². The van der Waals surface area contributed by atoms with E-state index >= 15 is 0 Å². The van der Waals surface area contributed by atoms with Crippen molar-refractivity contribution < 1.29 is 62.7 Å². The number of hydrogen-bond acceptors (Lipinski definition) is 11. The van der Waals surface area contributed by atoms with E-state index in [1.807, 2.05) is 0 Å². The minimum atomic E-state index is -1.09. The van der Waals surface area contributed by atoms with E-state index in [0.717, 1.165) is 51.4 Å². The lowest BCUT2D eigenvalue weighted by Crippen LogP contribution is -2.33. The van der Waals surface area contributed by atoms with Gasteiger partial charge in [-0.25, -0.2) is 0 Å². The molecule has 0 aromatic rings. The fourth-order valence-electron chi connectivity index (χ4n) is 7.23. The molecule has 16 nitrogen and oxygen atoms in total. The largest absolute Gasteiger partial charge is 0.481 e. The summed E-state index contributed by atoms with van der Waals surface area (Å²) < 4.78 is 21.0. The zero-order chi connectivity index (χ0) is 44.8. The van der Waals surface area contributed by atoms with Crippen molar-refractivity contribution in [2.45, 2.75) is 155 Å². The van der Waals surface area contributed by atoms with Crippen molar-refractivity contribution in [3.8, 4) is 0 Å². The lowest BCUT2D eigenvalue weighted by molar-refractivity contribution is -0.145. The fourth-order valence-corrected chi connectivity index (χ4v) is 7.23. The molecule has 5 N–H and O–H groups in total. The summed E-state index contributed by atoms with van der Waals surface area (Å²) in [7, 11) is 0. The molecule has 0 aromatic heterocycles. The SMILES string of the molecule is CC(=O)COCCOCCNC(=O)COCCOCCNC(=O)CC[C@H](CC(=O)C1CCC(CNC(=O)CCCCCCCCCCCCCCCCC(=O)O)CC1)C(=O)O. The number of unbranched alkanes of at least 4 members (excludes halogenated alkanes) is 13. The number of rotatable bonds is 42. The molecule has 0 unspecified atom stereocenters. The number of carboxylic acids is 2. The van der Waals surface area contributed by atoms with Gasteiger partial charge in [-0.15, -0.1) is 0 Å². The van der Waals surface area contributed by atoms with Gasteiger partial charge < -0.3 is 45.1 Å². The molecular weight excluding hydrogens is 791 g/mol. The minimum absolute atomic E-state index is 0.0177. The number of nitrogens with one attached hydrogen (secondary N) is 3. The molecule has 1 rings (SSSR count). The van der Waals surface area contributed by atoms with E-state index in [4.69, 9.17) is 24.1 Å². The monoisotopic (exact) mass is 870 g/mol. The van der Waals surface area contributed by atoms with Crippen molar-refractivity contribution in [2.24, 2.45) is 17.8 Å². The standard InChI is InChI=1S/C45H79N3O13/c1-36(49)34-60-30-28-59-27-25-47-43(53)35-61-31-29-58-26-24-46-42(52)23-22-39(45(56)57)32-40(50)38-20-18-37(19-21-38)33-48-41(51)16-14-12-10-8-6-4-2-3-5-7-9-11-13-15-17-44(54)55/h37-39H,2-35H2,1H3,(H,46,52)(H,47,53)(H,48,51)(H,54,55)(H,56,57)/t37?,38?,39-/m1/s1. The Morgan fingerprint density at radius 2 is 0.984 bits per heavy atom. The third kappa shape index (κ3) is 34.8. The van der Waals surface area contributed by atoms with Crippen LogP contribution < -0.4 is 16.0 Å². The molecule has 1 saturated carbocycles. The summed E-state index contributed by atoms with van der Waals surface area (Å²) in [5.41, 5.74) is 0. The number of carboxylic acid groups (broad SMARTS) is 2. The molecular formula is C45H79N3O13. The van der Waals surface area contributed by atoms with Crippen molar-refractivity contribution in [2.75, 3.05) is 72.5 Å². The zero-order valence-electron chi connectivity index (χ0n) is 37.2. The van der Waals surface area contributed by atoms with Crippen LogP contribution in [0.4, 0.5) is 0 Å². The van der Waals surface area contributed by atoms with Crippen LogP contribution in [0.25, 0.3) is 0 Å². The first kappa shape index (κ1) is 55.5. The first-order valence-electron chi connectivity index (χ1n) is 23.1. The first-order chi connectivity index (χ1) is 29.5. The van der Waals surface area contributed by atoms with Crippen molar-refractivity contribution in [3.05, 3.63) is 0 Å². The van der Waals surface area contributed by atoms with Gasteiger partial charge in [-0.3, -0.25) is 33.6 Å². The molecule has 0 radical (unpaired) electrons. The van der Waals surface area contributed by atoms with Gasteiger partial charge in [-0.05, 0) is 57.8 Å². The van der Waals surface area contributed by atoms with Gasteiger partial charge in [-0.2, -0.15) is 0 Å². The van der Waals surface area contributed by atoms with Crippen LogP contribution in [0.1, 0.15) is 155 Å². The van der Waals surface area contributed by atoms with Crippen LogP contribution in [-0.4, -0.2) is 124 Å². The number of ether oxygens (including phenoxy) is 4. The highest BCUT2D eigenvalue weighted by Crippen LogP contribution is 2.31. The second-order valence-electron chi connectivity index (χ2n) is 16.3. The van der Waals surface area contributed by atoms with Gasteiger partial charge in [0.05, 0.1) is 45.6 Å². The van der Waals surface area contributed by atoms with Crippen molar-refractivity contribution in [1.29, 1.82) is 0 Å². The molecule has 3 amide bonds. The maximum absolute atomic E-state index is 13.0. The molecule has 0 aliphatic heterocycles. The summed E-state index contributed by atoms with van der Waals surface area (Å²) in [6.45, 7) is 4.05. The Labute approximate surface area is 364 Å². The molecule has 0 bridgehead atoms. The van der Waals surface area contributed by atoms with Gasteiger partial charge in [0.1, 0.15) is 19.0 Å². The zero-order valence-corrected chi connectivity index (χ0v) is 37.2. The number of carbonyl (C=O) groups excluding carboxylic acids is 5. The van der Waals surface area contributed by atoms with Crippen LogP contribution >= 0.6 is 0 Å². The van der Waals surface area contributed by atoms with E-state index in [9.17, 15) is 38.7 Å². The Balaban J connectivity index is 2.01. The van der Waals surface area contributed by atoms with E-state index in [2.05, 4.69) is 16.0 Å². The molecule has 61 heavy (non-hydrogen) atoms. The molecule has 0 spiro atoms. The number of aliphatic carboxylic acids is 2. The quantitative estimate of drug-likeness (QED) is 0.0474. The van der Waals surface area contributed by atoms with E-state index in [1.54, 1.807) is 0 Å². The highest BCUT2D eigenvalue weighted by molar-refractivity contribution is 5.86. The first-order valence-corrected chi connectivity index (χ1v) is 23.1. The Morgan fingerprint density at radius 3 is 1.49 bits per heavy atom. The fraction of sp³-hybridized carbons (Fsp3) is 0.844. The number of amides is 3. The normalized spacial score (nSPS) is 15.5. The van der Waals surface area contributed by atoms with Crippen LogP contribution in [0.5, 0.6) is 0 Å². The van der Waals surface area contributed by atoms with Gasteiger partial charge in [0.15, 0.2) is 5.78 Å². The topological polar surface area (TPSA) is 233 Å². The third-order valence-corrected chi connectivity index (χ3v) is 10.9. The highest BCUT2D eigenvalue weighted by Gasteiger charge is 2.30. The van der Waals surface area contributed by atoms with E-state index < -0.39 is 17.9 Å². The maximum atomic E-state index is 13.0. The summed E-state index contributed by atoms with van der Waals surface area (Å²) in [6.07, 6.45) is 19.8. The second-order valence-corrected chi connectivity index (χ2v) is 16.3. The molecule has 0 aromatic carbocycles. The van der Waals surface area contributed by atoms with Crippen molar-refractivity contribution >= 4 is 41.2 Å². The van der Waals surface area contributed by atoms with Gasteiger partial charge >= 0.3 is 11.9 Å². The number of carbonyl (C=O) groups is 7. The Kier molecular flexibility index (Phi) is 34.8. The van der Waals surface area contributed by atoms with E-state index in [-0.39, 0.29) is 100 Å². The summed E-state index contributed by atoms with van der Waals surface area (Å²) in [5, 5.41) is 26.8. The summed E-state index contributed by atoms with van der Waals surface area (Å²) in [6, 6.07) is 0. The Bertz CT molecular complexity index is 1230. The summed E-state index contributed by atoms with van der Waals surface area (Å²) >= 11 is 0. The second kappa shape index (κ2) is 38.2. The lowest BCUT2D eigenvalue weighted by atomic mass is 9.78. The Hall–Kier alpha value is -3.47. The number of hydrogen-bond donors (Lipinski definition) is 5. The Morgan fingerprint density at radius 1 is 0.525 bits per heavy atom. The van der Waals surface area contributed by atoms with Crippen LogP contribution in [-0.2, 0) is 52.5 Å². The van der Waals surface area contributed by atoms with Crippen molar-refractivity contribution in [1.82, 2.24) is 16.0 Å². The van der Waals surface area contributed by atoms with Crippen LogP contribution in [0.2, 0.25) is 0 Å². The molecule has 0 heterocycles. The van der Waals surface area contributed by atoms with Crippen molar-refractivity contribution in [3.63, 3.8) is 0 Å². The predicted molar refractivity (Wildman–Crippen MR) is 230 cm³/mol. The maximum Gasteiger partial charge on any atom is 0.306 e. The molecule has 1 aliphatic carbocycles. The van der Waals surface area contributed by atoms with Gasteiger partial charge in [0, 0.05) is 51.2 Å². The molecule has 0 saturated heterocycles. The van der Waals surface area contributed by atoms with Crippen LogP contribution in [0.3, 0.4) is 0 Å². The molecule has 1 atom stereocenters. The predicted octanol–water partition coefficient (Wildman–Crippen LogP) is 5.56. The number of Topliss-reactive ketones (excluding diaryl/α,β-unsaturated/α-hetero) is 2. The van der Waals surface area contributed by atoms with Gasteiger partial charge in [-0.1, -0.05) is 77.0 Å². The highest BCUT2D eigenvalue weighted by atomic mass is 16.5. The third-order valence-electron chi connectivity index (χ3n) is 10.9. The smallest absolute Gasteiger partial charge is 0.306 e. The molecule has 16 heteroatoms. The average molecular weight is 870 g/mol. The average Bonchev–Trinajstić information content (AvgIpc) is 3.23. The van der Waals surface area contributed by atoms with Crippen LogP contribution in [0.15, 0.2) is 0 Å². The van der Waals surface area contributed by atoms with E-state index in [0.29, 0.717) is 58.1 Å². The molecule has 1 aliphatic rings. The van der Waals surface area contributed by atoms with E-state index in [1.165, 1.54) is 58.3 Å². The lowest BCUT2D eigenvalue weighted by Gasteiger charge is -2.28. The summed E-state index contributed by atoms with van der Waals surface area (Å²) in [5.74, 6) is -3.26. The molecule has 1 fully saturated rings. The van der Waals surface area contributed by atoms with Crippen LogP contribution in [0, 0.1) is 17.8 Å². The summed E-state index contributed by atoms with van der Waals surface area (Å²) in [4.78, 5) is 82.8. The minimum Gasteiger partial charge on any atom is -0.481 e. The number of ketones is 2. The molecule has 352 valence electrons.